The molecule has 1 saturated carbocycles. The number of rotatable bonds is 2. The Morgan fingerprint density at radius 2 is 2.09 bits per heavy atom. The molecule has 0 N–H and O–H groups in total. The molecule has 0 radical (unpaired) electrons. The minimum absolute atomic E-state index is 0.463. The molecular formula is C9H16OS. The van der Waals surface area contributed by atoms with Gasteiger partial charge in [0.05, 0.1) is 0 Å². The van der Waals surface area contributed by atoms with Gasteiger partial charge in [0.1, 0.15) is 0 Å². The molecule has 1 fully saturated rings. The van der Waals surface area contributed by atoms with Crippen LogP contribution < -0.4 is 0 Å². The lowest BCUT2D eigenvalue weighted by Crippen LogP contribution is -2.20. The van der Waals surface area contributed by atoms with Crippen molar-refractivity contribution >= 4 is 10.8 Å². The Hall–Kier alpha value is -0.110. The Bertz CT molecular complexity index is 164. The van der Waals surface area contributed by atoms with Crippen molar-refractivity contribution in [3.05, 3.63) is 12.2 Å². The first kappa shape index (κ1) is 8.98. The third-order valence-electron chi connectivity index (χ3n) is 2.30. The average molecular weight is 172 g/mol. The van der Waals surface area contributed by atoms with Crippen LogP contribution in [0.4, 0.5) is 0 Å². The largest absolute Gasteiger partial charge is 0.259 e. The van der Waals surface area contributed by atoms with Gasteiger partial charge in [0.25, 0.3) is 0 Å². The third kappa shape index (κ3) is 2.44. The zero-order valence-corrected chi connectivity index (χ0v) is 7.95. The predicted molar refractivity (Wildman–Crippen MR) is 50.1 cm³/mol. The third-order valence-corrected chi connectivity index (χ3v) is 4.08. The summed E-state index contributed by atoms with van der Waals surface area (Å²) < 4.78 is 11.4. The van der Waals surface area contributed by atoms with Gasteiger partial charge >= 0.3 is 0 Å². The first-order valence-electron chi connectivity index (χ1n) is 4.28. The van der Waals surface area contributed by atoms with Crippen LogP contribution in [0.3, 0.4) is 0 Å². The van der Waals surface area contributed by atoms with Crippen LogP contribution in [0.25, 0.3) is 0 Å². The molecule has 0 bridgehead atoms. The number of allylic oxidation sites excluding steroid dienone is 1. The van der Waals surface area contributed by atoms with E-state index >= 15 is 0 Å². The van der Waals surface area contributed by atoms with E-state index in [4.69, 9.17) is 0 Å². The van der Waals surface area contributed by atoms with E-state index in [1.54, 1.807) is 0 Å². The van der Waals surface area contributed by atoms with Gasteiger partial charge in [-0.15, -0.1) is 0 Å². The van der Waals surface area contributed by atoms with Crippen molar-refractivity contribution in [1.29, 1.82) is 0 Å². The van der Waals surface area contributed by atoms with Crippen molar-refractivity contribution < 1.29 is 4.21 Å². The van der Waals surface area contributed by atoms with E-state index in [9.17, 15) is 4.21 Å². The highest BCUT2D eigenvalue weighted by atomic mass is 32.2. The highest BCUT2D eigenvalue weighted by molar-refractivity contribution is 7.85. The predicted octanol–water partition coefficient (Wildman–Crippen LogP) is 2.25. The van der Waals surface area contributed by atoms with E-state index < -0.39 is 10.8 Å². The highest BCUT2D eigenvalue weighted by Gasteiger charge is 2.19. The molecule has 2 heteroatoms. The molecule has 64 valence electrons. The molecular weight excluding hydrogens is 156 g/mol. The fourth-order valence-corrected chi connectivity index (χ4v) is 2.73. The molecule has 1 rings (SSSR count). The van der Waals surface area contributed by atoms with Gasteiger partial charge in [-0.25, -0.2) is 0 Å². The zero-order chi connectivity index (χ0) is 8.27. The van der Waals surface area contributed by atoms with Crippen LogP contribution in [0.15, 0.2) is 12.2 Å². The fraction of sp³-hybridized carbons (Fsp3) is 0.778. The summed E-state index contributed by atoms with van der Waals surface area (Å²) >= 11 is 0. The zero-order valence-electron chi connectivity index (χ0n) is 7.14. The Labute approximate surface area is 71.3 Å². The lowest BCUT2D eigenvalue weighted by atomic mass is 9.96. The molecule has 1 aliphatic rings. The van der Waals surface area contributed by atoms with Gasteiger partial charge in [-0.05, 0) is 25.7 Å². The SMILES string of the molecule is C=C1CCC(S(=O)CC)CC1. The maximum atomic E-state index is 11.4. The van der Waals surface area contributed by atoms with Gasteiger partial charge in [0.15, 0.2) is 0 Å². The Balaban J connectivity index is 2.39. The molecule has 1 unspecified atom stereocenters. The van der Waals surface area contributed by atoms with Crippen LogP contribution >= 0.6 is 0 Å². The minimum Gasteiger partial charge on any atom is -0.259 e. The monoisotopic (exact) mass is 172 g/mol. The van der Waals surface area contributed by atoms with Gasteiger partial charge in [-0.3, -0.25) is 4.21 Å². The smallest absolute Gasteiger partial charge is 0.0354 e. The summed E-state index contributed by atoms with van der Waals surface area (Å²) in [5.41, 5.74) is 1.34. The van der Waals surface area contributed by atoms with Crippen molar-refractivity contribution in [3.8, 4) is 0 Å². The van der Waals surface area contributed by atoms with E-state index in [1.165, 1.54) is 5.57 Å². The molecule has 0 amide bonds. The second kappa shape index (κ2) is 4.05. The van der Waals surface area contributed by atoms with Gasteiger partial charge in [-0.1, -0.05) is 19.1 Å². The first-order chi connectivity index (χ1) is 5.24. The van der Waals surface area contributed by atoms with Crippen LogP contribution in [0, 0.1) is 0 Å². The lowest BCUT2D eigenvalue weighted by molar-refractivity contribution is 0.588. The number of hydrogen-bond acceptors (Lipinski definition) is 1. The van der Waals surface area contributed by atoms with E-state index in [2.05, 4.69) is 6.58 Å². The molecule has 1 aliphatic carbocycles. The summed E-state index contributed by atoms with van der Waals surface area (Å²) in [5, 5.41) is 0.463. The van der Waals surface area contributed by atoms with Crippen LogP contribution in [0.5, 0.6) is 0 Å². The summed E-state index contributed by atoms with van der Waals surface area (Å²) in [6.07, 6.45) is 4.38. The van der Waals surface area contributed by atoms with Gasteiger partial charge in [0, 0.05) is 21.8 Å². The highest BCUT2D eigenvalue weighted by Crippen LogP contribution is 2.25. The second-order valence-electron chi connectivity index (χ2n) is 3.12. The molecule has 0 spiro atoms. The Kier molecular flexibility index (Phi) is 3.31. The normalized spacial score (nSPS) is 23.5. The van der Waals surface area contributed by atoms with Gasteiger partial charge in [0.2, 0.25) is 0 Å². The molecule has 0 saturated heterocycles. The van der Waals surface area contributed by atoms with Crippen molar-refractivity contribution in [1.82, 2.24) is 0 Å². The summed E-state index contributed by atoms with van der Waals surface area (Å²) in [6, 6.07) is 0. The van der Waals surface area contributed by atoms with Crippen LogP contribution in [0.1, 0.15) is 32.6 Å². The van der Waals surface area contributed by atoms with Crippen LogP contribution in [-0.4, -0.2) is 15.2 Å². The van der Waals surface area contributed by atoms with Crippen LogP contribution in [0.2, 0.25) is 0 Å². The van der Waals surface area contributed by atoms with E-state index in [1.807, 2.05) is 6.92 Å². The quantitative estimate of drug-likeness (QED) is 0.584. The fourth-order valence-electron chi connectivity index (χ4n) is 1.50. The summed E-state index contributed by atoms with van der Waals surface area (Å²) in [7, 11) is -0.569. The maximum Gasteiger partial charge on any atom is 0.0354 e. The van der Waals surface area contributed by atoms with Gasteiger partial charge in [-0.2, -0.15) is 0 Å². The topological polar surface area (TPSA) is 17.1 Å². The van der Waals surface area contributed by atoms with Crippen molar-refractivity contribution in [2.45, 2.75) is 37.9 Å². The average Bonchev–Trinajstić information content (AvgIpc) is 2.05. The van der Waals surface area contributed by atoms with E-state index in [0.29, 0.717) is 5.25 Å². The minimum atomic E-state index is -0.569. The lowest BCUT2D eigenvalue weighted by Gasteiger charge is -2.21. The molecule has 0 aromatic rings. The summed E-state index contributed by atoms with van der Waals surface area (Å²) in [5.74, 6) is 0.817. The van der Waals surface area contributed by atoms with Crippen LogP contribution in [-0.2, 0) is 10.8 Å². The molecule has 0 heterocycles. The molecule has 0 aromatic carbocycles. The van der Waals surface area contributed by atoms with E-state index in [-0.39, 0.29) is 0 Å². The summed E-state index contributed by atoms with van der Waals surface area (Å²) in [4.78, 5) is 0. The molecule has 0 aliphatic heterocycles. The number of hydrogen-bond donors (Lipinski definition) is 0. The van der Waals surface area contributed by atoms with Crippen molar-refractivity contribution in [3.63, 3.8) is 0 Å². The standard InChI is InChI=1S/C9H16OS/c1-3-11(10)9-6-4-8(2)5-7-9/h9H,2-7H2,1H3. The van der Waals surface area contributed by atoms with Crippen molar-refractivity contribution in [2.24, 2.45) is 0 Å². The first-order valence-corrected chi connectivity index (χ1v) is 5.66. The van der Waals surface area contributed by atoms with E-state index in [0.717, 1.165) is 31.4 Å². The molecule has 1 atom stereocenters. The van der Waals surface area contributed by atoms with Crippen molar-refractivity contribution in [2.75, 3.05) is 5.75 Å². The molecule has 1 nitrogen and oxygen atoms in total. The van der Waals surface area contributed by atoms with Gasteiger partial charge < -0.3 is 0 Å². The maximum absolute atomic E-state index is 11.4. The summed E-state index contributed by atoms with van der Waals surface area (Å²) in [6.45, 7) is 5.93. The molecule has 0 aromatic heterocycles. The second-order valence-corrected chi connectivity index (χ2v) is 5.12. The Morgan fingerprint density at radius 1 is 1.55 bits per heavy atom. The Morgan fingerprint density at radius 3 is 2.55 bits per heavy atom. The molecule has 11 heavy (non-hydrogen) atoms.